The van der Waals surface area contributed by atoms with Crippen molar-refractivity contribution in [2.24, 2.45) is 0 Å². The number of amides is 1. The van der Waals surface area contributed by atoms with Crippen molar-refractivity contribution in [1.29, 1.82) is 0 Å². The first-order valence-electron chi connectivity index (χ1n) is 6.14. The number of carbonyl (C=O) groups excluding carboxylic acids is 1. The van der Waals surface area contributed by atoms with E-state index in [-0.39, 0.29) is 29.4 Å². The lowest BCUT2D eigenvalue weighted by atomic mass is 10.1. The van der Waals surface area contributed by atoms with Crippen molar-refractivity contribution in [2.45, 2.75) is 13.5 Å². The van der Waals surface area contributed by atoms with Gasteiger partial charge in [-0.3, -0.25) is 14.9 Å². The molecule has 0 aliphatic carbocycles. The molecule has 0 atom stereocenters. The fourth-order valence-electron chi connectivity index (χ4n) is 1.67. The van der Waals surface area contributed by atoms with Crippen LogP contribution in [0.25, 0.3) is 0 Å². The molecule has 1 aromatic carbocycles. The van der Waals surface area contributed by atoms with E-state index < -0.39 is 4.92 Å². The molecule has 0 radical (unpaired) electrons. The Morgan fingerprint density at radius 2 is 2.29 bits per heavy atom. The van der Waals surface area contributed by atoms with Crippen LogP contribution in [-0.2, 0) is 6.54 Å². The molecule has 2 aromatic rings. The maximum absolute atomic E-state index is 11.7. The minimum absolute atomic E-state index is 0.178. The summed E-state index contributed by atoms with van der Waals surface area (Å²) in [6.45, 7) is 2.40. The van der Waals surface area contributed by atoms with Crippen LogP contribution in [0.15, 0.2) is 18.2 Å². The van der Waals surface area contributed by atoms with Gasteiger partial charge in [-0.25, -0.2) is 0 Å². The number of aromatic nitrogens is 4. The van der Waals surface area contributed by atoms with Crippen LogP contribution in [0.4, 0.5) is 11.4 Å². The van der Waals surface area contributed by atoms with Gasteiger partial charge in [-0.2, -0.15) is 5.21 Å². The van der Waals surface area contributed by atoms with E-state index in [1.54, 1.807) is 6.92 Å². The summed E-state index contributed by atoms with van der Waals surface area (Å²) in [5, 5.41) is 29.7. The number of carbonyl (C=O) groups is 1. The summed E-state index contributed by atoms with van der Waals surface area (Å²) in [6, 6.07) is 4.21. The predicted octanol–water partition coefficient (Wildman–Crippen LogP) is 0.470. The third-order valence-corrected chi connectivity index (χ3v) is 2.62. The standard InChI is InChI=1S/C11H13N7O3/c1-2-12-11(19)7-3-4-8(9(5-7)18(20)21)13-6-10-14-16-17-15-10/h3-5,13H,2,6H2,1H3,(H,12,19)(H,14,15,16,17). The van der Waals surface area contributed by atoms with Crippen LogP contribution in [0, 0.1) is 10.1 Å². The van der Waals surface area contributed by atoms with Crippen LogP contribution in [0.1, 0.15) is 23.1 Å². The molecular formula is C11H13N7O3. The lowest BCUT2D eigenvalue weighted by Gasteiger charge is -2.07. The summed E-state index contributed by atoms with van der Waals surface area (Å²) in [5.74, 6) is 0.0161. The lowest BCUT2D eigenvalue weighted by molar-refractivity contribution is -0.384. The lowest BCUT2D eigenvalue weighted by Crippen LogP contribution is -2.22. The van der Waals surface area contributed by atoms with Gasteiger partial charge in [-0.05, 0) is 19.1 Å². The highest BCUT2D eigenvalue weighted by molar-refractivity contribution is 5.95. The second-order valence-electron chi connectivity index (χ2n) is 4.03. The van der Waals surface area contributed by atoms with Crippen molar-refractivity contribution in [3.8, 4) is 0 Å². The molecule has 0 saturated heterocycles. The number of rotatable bonds is 6. The zero-order valence-corrected chi connectivity index (χ0v) is 11.2. The van der Waals surface area contributed by atoms with Crippen LogP contribution < -0.4 is 10.6 Å². The topological polar surface area (TPSA) is 139 Å². The summed E-state index contributed by atoms with van der Waals surface area (Å²) in [5.41, 5.74) is 0.314. The summed E-state index contributed by atoms with van der Waals surface area (Å²) in [6.07, 6.45) is 0. The molecule has 0 saturated carbocycles. The molecule has 1 heterocycles. The van der Waals surface area contributed by atoms with Gasteiger partial charge < -0.3 is 10.6 Å². The zero-order valence-electron chi connectivity index (χ0n) is 11.2. The fraction of sp³-hybridized carbons (Fsp3) is 0.273. The first-order chi connectivity index (χ1) is 10.1. The average Bonchev–Trinajstić information content (AvgIpc) is 2.98. The van der Waals surface area contributed by atoms with Crippen molar-refractivity contribution < 1.29 is 9.72 Å². The molecular weight excluding hydrogens is 278 g/mol. The van der Waals surface area contributed by atoms with Gasteiger partial charge in [0.15, 0.2) is 5.82 Å². The molecule has 1 aromatic heterocycles. The Kier molecular flexibility index (Phi) is 4.39. The first kappa shape index (κ1) is 14.4. The summed E-state index contributed by atoms with van der Waals surface area (Å²) in [7, 11) is 0. The highest BCUT2D eigenvalue weighted by Gasteiger charge is 2.17. The number of nitrogens with zero attached hydrogens (tertiary/aromatic N) is 4. The molecule has 0 unspecified atom stereocenters. The van der Waals surface area contributed by atoms with E-state index in [0.29, 0.717) is 12.4 Å². The maximum atomic E-state index is 11.7. The van der Waals surface area contributed by atoms with Crippen LogP contribution in [-0.4, -0.2) is 38.0 Å². The van der Waals surface area contributed by atoms with Gasteiger partial charge in [0.1, 0.15) is 5.69 Å². The maximum Gasteiger partial charge on any atom is 0.293 e. The van der Waals surface area contributed by atoms with Crippen LogP contribution >= 0.6 is 0 Å². The third kappa shape index (κ3) is 3.49. The number of aromatic amines is 1. The van der Waals surface area contributed by atoms with Gasteiger partial charge in [0.2, 0.25) is 0 Å². The monoisotopic (exact) mass is 291 g/mol. The summed E-state index contributed by atoms with van der Waals surface area (Å²) < 4.78 is 0. The number of nitro benzene ring substituents is 1. The van der Waals surface area contributed by atoms with Crippen molar-refractivity contribution in [3.05, 3.63) is 39.7 Å². The van der Waals surface area contributed by atoms with Crippen molar-refractivity contribution in [2.75, 3.05) is 11.9 Å². The molecule has 110 valence electrons. The van der Waals surface area contributed by atoms with Gasteiger partial charge in [0, 0.05) is 18.2 Å². The normalized spacial score (nSPS) is 10.1. The number of hydrogen-bond acceptors (Lipinski definition) is 7. The number of benzene rings is 1. The molecule has 0 aliphatic heterocycles. The van der Waals surface area contributed by atoms with Gasteiger partial charge in [-0.1, -0.05) is 5.21 Å². The van der Waals surface area contributed by atoms with Crippen molar-refractivity contribution in [3.63, 3.8) is 0 Å². The Morgan fingerprint density at radius 3 is 2.90 bits per heavy atom. The predicted molar refractivity (Wildman–Crippen MR) is 72.6 cm³/mol. The number of nitrogens with one attached hydrogen (secondary N) is 3. The van der Waals surface area contributed by atoms with E-state index in [1.165, 1.54) is 18.2 Å². The van der Waals surface area contributed by atoms with E-state index >= 15 is 0 Å². The first-order valence-corrected chi connectivity index (χ1v) is 6.14. The Balaban J connectivity index is 2.20. The van der Waals surface area contributed by atoms with Crippen molar-refractivity contribution >= 4 is 17.3 Å². The Labute approximate surface area is 119 Å². The van der Waals surface area contributed by atoms with E-state index in [4.69, 9.17) is 0 Å². The fourth-order valence-corrected chi connectivity index (χ4v) is 1.67. The smallest absolute Gasteiger partial charge is 0.293 e. The number of anilines is 1. The molecule has 3 N–H and O–H groups in total. The third-order valence-electron chi connectivity index (χ3n) is 2.62. The average molecular weight is 291 g/mol. The van der Waals surface area contributed by atoms with E-state index in [9.17, 15) is 14.9 Å². The quantitative estimate of drug-likeness (QED) is 0.519. The number of H-pyrrole nitrogens is 1. The summed E-state index contributed by atoms with van der Waals surface area (Å²) in [4.78, 5) is 22.2. The van der Waals surface area contributed by atoms with E-state index in [2.05, 4.69) is 31.3 Å². The SMILES string of the molecule is CCNC(=O)c1ccc(NCc2nn[nH]n2)c([N+](=O)[O-])c1. The Bertz CT molecular complexity index is 641. The molecule has 2 rings (SSSR count). The molecule has 0 spiro atoms. The molecule has 10 heteroatoms. The summed E-state index contributed by atoms with van der Waals surface area (Å²) >= 11 is 0. The molecule has 21 heavy (non-hydrogen) atoms. The largest absolute Gasteiger partial charge is 0.372 e. The highest BCUT2D eigenvalue weighted by Crippen LogP contribution is 2.25. The molecule has 1 amide bonds. The molecule has 0 bridgehead atoms. The zero-order chi connectivity index (χ0) is 15.2. The number of nitro groups is 1. The second-order valence-corrected chi connectivity index (χ2v) is 4.03. The number of hydrogen-bond donors (Lipinski definition) is 3. The highest BCUT2D eigenvalue weighted by atomic mass is 16.6. The molecule has 0 aliphatic rings. The Hall–Kier alpha value is -3.04. The van der Waals surface area contributed by atoms with Gasteiger partial charge in [-0.15, -0.1) is 10.2 Å². The van der Waals surface area contributed by atoms with Crippen LogP contribution in [0.2, 0.25) is 0 Å². The minimum atomic E-state index is -0.554. The Morgan fingerprint density at radius 1 is 1.48 bits per heavy atom. The van der Waals surface area contributed by atoms with Crippen molar-refractivity contribution in [1.82, 2.24) is 25.9 Å². The van der Waals surface area contributed by atoms with E-state index in [0.717, 1.165) is 0 Å². The van der Waals surface area contributed by atoms with Gasteiger partial charge in [0.05, 0.1) is 11.5 Å². The van der Waals surface area contributed by atoms with E-state index in [1.807, 2.05) is 0 Å². The second kappa shape index (κ2) is 6.41. The molecule has 0 fully saturated rings. The van der Waals surface area contributed by atoms with Crippen LogP contribution in [0.3, 0.4) is 0 Å². The minimum Gasteiger partial charge on any atom is -0.372 e. The van der Waals surface area contributed by atoms with Gasteiger partial charge in [0.25, 0.3) is 11.6 Å². The van der Waals surface area contributed by atoms with Gasteiger partial charge >= 0.3 is 0 Å². The van der Waals surface area contributed by atoms with Crippen LogP contribution in [0.5, 0.6) is 0 Å². The molecule has 10 nitrogen and oxygen atoms in total. The number of tetrazole rings is 1.